The summed E-state index contributed by atoms with van der Waals surface area (Å²) in [5, 5.41) is 10.9. The Balaban J connectivity index is 1.69. The summed E-state index contributed by atoms with van der Waals surface area (Å²) < 4.78 is 11.0. The molecule has 0 saturated heterocycles. The smallest absolute Gasteiger partial charge is 0.294 e. The third-order valence-electron chi connectivity index (χ3n) is 5.91. The van der Waals surface area contributed by atoms with Gasteiger partial charge in [-0.15, -0.1) is 0 Å². The molecule has 1 heterocycles. The fourth-order valence-electron chi connectivity index (χ4n) is 4.25. The number of amides is 1. The molecule has 0 spiro atoms. The van der Waals surface area contributed by atoms with Crippen LogP contribution in [0.2, 0.25) is 0 Å². The van der Waals surface area contributed by atoms with Crippen molar-refractivity contribution in [1.29, 1.82) is 0 Å². The lowest BCUT2D eigenvalue weighted by molar-refractivity contribution is -0.118. The molecule has 1 amide bonds. The molecule has 0 bridgehead atoms. The van der Waals surface area contributed by atoms with E-state index in [0.717, 1.165) is 5.56 Å². The van der Waals surface area contributed by atoms with Crippen molar-refractivity contribution in [1.82, 2.24) is 0 Å². The van der Waals surface area contributed by atoms with Gasteiger partial charge in [-0.25, -0.2) is 0 Å². The van der Waals surface area contributed by atoms with Gasteiger partial charge in [0.15, 0.2) is 11.5 Å². The van der Waals surface area contributed by atoms with Gasteiger partial charge in [-0.2, -0.15) is 0 Å². The molecule has 0 aromatic heterocycles. The number of ketones is 1. The molecule has 6 nitrogen and oxygen atoms in total. The van der Waals surface area contributed by atoms with E-state index in [1.807, 2.05) is 56.3 Å². The first-order valence-electron chi connectivity index (χ1n) is 11.6. The number of benzene rings is 3. The van der Waals surface area contributed by atoms with E-state index < -0.39 is 17.7 Å². The van der Waals surface area contributed by atoms with Crippen LogP contribution in [0.5, 0.6) is 11.5 Å². The van der Waals surface area contributed by atoms with Crippen LogP contribution in [-0.4, -0.2) is 30.0 Å². The van der Waals surface area contributed by atoms with Crippen LogP contribution in [0.4, 0.5) is 5.69 Å². The second-order valence-corrected chi connectivity index (χ2v) is 8.68. The molecule has 1 aliphatic heterocycles. The summed E-state index contributed by atoms with van der Waals surface area (Å²) in [4.78, 5) is 28.1. The number of carbonyl (C=O) groups excluding carboxylic acids is 2. The lowest BCUT2D eigenvalue weighted by atomic mass is 9.93. The Bertz CT molecular complexity index is 1210. The van der Waals surface area contributed by atoms with Crippen LogP contribution in [0.15, 0.2) is 90.2 Å². The standard InChI is InChI=1S/C29H29NO5/c1-19(2)35-24-16-12-22(13-17-24)30-27(21-10-14-23(34-3)15-11-21)26(28(32)29(30)33)25(31)18-9-20-7-5-4-6-8-20/h4-8,10-17,19,27,32H,9,18H2,1-3H3. The molecule has 1 aliphatic rings. The van der Waals surface area contributed by atoms with Gasteiger partial charge in [-0.3, -0.25) is 14.5 Å². The number of nitrogens with zero attached hydrogens (tertiary/aromatic N) is 1. The van der Waals surface area contributed by atoms with Crippen molar-refractivity contribution in [2.24, 2.45) is 0 Å². The van der Waals surface area contributed by atoms with Gasteiger partial charge >= 0.3 is 0 Å². The fourth-order valence-corrected chi connectivity index (χ4v) is 4.25. The summed E-state index contributed by atoms with van der Waals surface area (Å²) in [7, 11) is 1.57. The molecular formula is C29H29NO5. The van der Waals surface area contributed by atoms with E-state index in [1.54, 1.807) is 43.5 Å². The predicted octanol–water partition coefficient (Wildman–Crippen LogP) is 5.58. The zero-order valence-corrected chi connectivity index (χ0v) is 20.1. The van der Waals surface area contributed by atoms with Crippen molar-refractivity contribution in [3.8, 4) is 11.5 Å². The SMILES string of the molecule is COc1ccc(C2C(C(=O)CCc3ccccc3)=C(O)C(=O)N2c2ccc(OC(C)C)cc2)cc1. The van der Waals surface area contributed by atoms with Gasteiger partial charge in [0.1, 0.15) is 11.5 Å². The number of methoxy groups -OCH3 is 1. The van der Waals surface area contributed by atoms with Gasteiger partial charge < -0.3 is 14.6 Å². The van der Waals surface area contributed by atoms with E-state index in [1.165, 1.54) is 4.90 Å². The summed E-state index contributed by atoms with van der Waals surface area (Å²) in [6, 6.07) is 23.2. The molecule has 1 atom stereocenters. The first-order valence-corrected chi connectivity index (χ1v) is 11.6. The number of ether oxygens (including phenoxy) is 2. The molecule has 35 heavy (non-hydrogen) atoms. The molecule has 180 valence electrons. The zero-order chi connectivity index (χ0) is 24.9. The van der Waals surface area contributed by atoms with Crippen LogP contribution in [-0.2, 0) is 16.0 Å². The van der Waals surface area contributed by atoms with E-state index in [0.29, 0.717) is 29.2 Å². The average Bonchev–Trinajstić information content (AvgIpc) is 3.14. The van der Waals surface area contributed by atoms with Crippen LogP contribution < -0.4 is 14.4 Å². The molecule has 4 rings (SSSR count). The van der Waals surface area contributed by atoms with Gasteiger partial charge in [0.05, 0.1) is 24.8 Å². The minimum absolute atomic E-state index is 0.0147. The lowest BCUT2D eigenvalue weighted by Crippen LogP contribution is -2.31. The second kappa shape index (κ2) is 10.5. The molecule has 3 aromatic carbocycles. The monoisotopic (exact) mass is 471 g/mol. The highest BCUT2D eigenvalue weighted by atomic mass is 16.5. The topological polar surface area (TPSA) is 76.1 Å². The molecule has 0 fully saturated rings. The minimum atomic E-state index is -0.756. The molecule has 1 N–H and O–H groups in total. The molecule has 0 aliphatic carbocycles. The Kier molecular flexibility index (Phi) is 7.20. The predicted molar refractivity (Wildman–Crippen MR) is 135 cm³/mol. The quantitative estimate of drug-likeness (QED) is 0.441. The van der Waals surface area contributed by atoms with Gasteiger partial charge in [0.25, 0.3) is 5.91 Å². The summed E-state index contributed by atoms with van der Waals surface area (Å²) >= 11 is 0. The third kappa shape index (κ3) is 5.22. The summed E-state index contributed by atoms with van der Waals surface area (Å²) in [5.74, 6) is -0.0433. The van der Waals surface area contributed by atoms with Crippen LogP contribution in [0.1, 0.15) is 37.4 Å². The number of Topliss-reactive ketones (excluding diaryl/α,β-unsaturated/α-hetero) is 1. The van der Waals surface area contributed by atoms with Gasteiger partial charge in [-0.1, -0.05) is 42.5 Å². The number of hydrogen-bond donors (Lipinski definition) is 1. The molecule has 6 heteroatoms. The number of aliphatic hydroxyl groups is 1. The highest BCUT2D eigenvalue weighted by Crippen LogP contribution is 2.42. The summed E-state index contributed by atoms with van der Waals surface area (Å²) in [6.45, 7) is 3.87. The maximum Gasteiger partial charge on any atom is 0.294 e. The maximum absolute atomic E-state index is 13.4. The molecule has 1 unspecified atom stereocenters. The van der Waals surface area contributed by atoms with E-state index >= 15 is 0 Å². The number of carbonyl (C=O) groups is 2. The normalized spacial score (nSPS) is 15.6. The van der Waals surface area contributed by atoms with Crippen LogP contribution in [0.25, 0.3) is 0 Å². The van der Waals surface area contributed by atoms with E-state index in [2.05, 4.69) is 0 Å². The Morgan fingerprint density at radius 3 is 2.17 bits per heavy atom. The number of rotatable bonds is 9. The highest BCUT2D eigenvalue weighted by Gasteiger charge is 2.44. The summed E-state index contributed by atoms with van der Waals surface area (Å²) in [6.07, 6.45) is 0.709. The number of aliphatic hydroxyl groups excluding tert-OH is 1. The van der Waals surface area contributed by atoms with E-state index in [-0.39, 0.29) is 23.9 Å². The largest absolute Gasteiger partial charge is 0.503 e. The van der Waals surface area contributed by atoms with Crippen molar-refractivity contribution >= 4 is 17.4 Å². The summed E-state index contributed by atoms with van der Waals surface area (Å²) in [5.41, 5.74) is 2.39. The molecule has 0 saturated carbocycles. The maximum atomic E-state index is 13.4. The second-order valence-electron chi connectivity index (χ2n) is 8.68. The molecule has 3 aromatic rings. The van der Waals surface area contributed by atoms with Gasteiger partial charge in [0, 0.05) is 12.1 Å². The van der Waals surface area contributed by atoms with E-state index in [4.69, 9.17) is 9.47 Å². The van der Waals surface area contributed by atoms with Crippen molar-refractivity contribution < 1.29 is 24.2 Å². The Morgan fingerprint density at radius 2 is 1.57 bits per heavy atom. The zero-order valence-electron chi connectivity index (χ0n) is 20.1. The fraction of sp³-hybridized carbons (Fsp3) is 0.241. The van der Waals surface area contributed by atoms with Crippen LogP contribution in [0, 0.1) is 0 Å². The molecule has 0 radical (unpaired) electrons. The first-order chi connectivity index (χ1) is 16.9. The third-order valence-corrected chi connectivity index (χ3v) is 5.91. The average molecular weight is 472 g/mol. The van der Waals surface area contributed by atoms with Gasteiger partial charge in [0.2, 0.25) is 0 Å². The van der Waals surface area contributed by atoms with Crippen LogP contribution in [0.3, 0.4) is 0 Å². The number of hydrogen-bond acceptors (Lipinski definition) is 5. The van der Waals surface area contributed by atoms with Crippen molar-refractivity contribution in [2.75, 3.05) is 12.0 Å². The Morgan fingerprint density at radius 1 is 0.943 bits per heavy atom. The Hall–Kier alpha value is -4.06. The number of aryl methyl sites for hydroxylation is 1. The van der Waals surface area contributed by atoms with Crippen molar-refractivity contribution in [2.45, 2.75) is 38.8 Å². The van der Waals surface area contributed by atoms with Crippen molar-refractivity contribution in [3.63, 3.8) is 0 Å². The highest BCUT2D eigenvalue weighted by molar-refractivity contribution is 6.16. The first kappa shape index (κ1) is 24.1. The minimum Gasteiger partial charge on any atom is -0.503 e. The number of anilines is 1. The van der Waals surface area contributed by atoms with Gasteiger partial charge in [-0.05, 0) is 67.8 Å². The van der Waals surface area contributed by atoms with Crippen molar-refractivity contribution in [3.05, 3.63) is 101 Å². The molecular weight excluding hydrogens is 442 g/mol. The Labute approximate surface area is 205 Å². The van der Waals surface area contributed by atoms with E-state index in [9.17, 15) is 14.7 Å². The van der Waals surface area contributed by atoms with Crippen LogP contribution >= 0.6 is 0 Å². The lowest BCUT2D eigenvalue weighted by Gasteiger charge is -2.27.